The fourth-order valence-corrected chi connectivity index (χ4v) is 3.53. The Morgan fingerprint density at radius 2 is 1.09 bits per heavy atom. The Morgan fingerprint density at radius 3 is 1.81 bits per heavy atom. The van der Waals surface area contributed by atoms with Gasteiger partial charge in [-0.25, -0.2) is 0 Å². The molecule has 160 valence electrons. The van der Waals surface area contributed by atoms with Crippen LogP contribution < -0.4 is 0 Å². The molecule has 0 bridgehead atoms. The molecule has 0 fully saturated rings. The molecule has 4 aromatic rings. The maximum absolute atomic E-state index is 13.5. The summed E-state index contributed by atoms with van der Waals surface area (Å²) in [7, 11) is 0. The van der Waals surface area contributed by atoms with Crippen molar-refractivity contribution in [2.45, 2.75) is 12.4 Å². The van der Waals surface area contributed by atoms with Gasteiger partial charge in [0.1, 0.15) is 0 Å². The van der Waals surface area contributed by atoms with E-state index >= 15 is 0 Å². The van der Waals surface area contributed by atoms with Gasteiger partial charge in [-0.1, -0.05) is 66.4 Å². The topological polar surface area (TPSA) is 0 Å². The summed E-state index contributed by atoms with van der Waals surface area (Å²) in [6, 6.07) is 20.1. The first-order valence-corrected chi connectivity index (χ1v) is 9.52. The second kappa shape index (κ2) is 8.08. The molecule has 0 amide bonds. The summed E-state index contributed by atoms with van der Waals surface area (Å²) in [5, 5.41) is 1.27. The molecule has 0 N–H and O–H groups in total. The Kier molecular flexibility index (Phi) is 5.43. The van der Waals surface area contributed by atoms with Gasteiger partial charge in [0, 0.05) is 11.1 Å². The maximum atomic E-state index is 13.5. The third kappa shape index (κ3) is 4.33. The first-order valence-electron chi connectivity index (χ1n) is 9.52. The third-order valence-electron chi connectivity index (χ3n) is 4.97. The van der Waals surface area contributed by atoms with Crippen molar-refractivity contribution >= 4 is 10.8 Å². The summed E-state index contributed by atoms with van der Waals surface area (Å²) in [5.41, 5.74) is -1.27. The molecule has 0 spiro atoms. The third-order valence-corrected chi connectivity index (χ3v) is 4.97. The van der Waals surface area contributed by atoms with E-state index in [9.17, 15) is 26.3 Å². The van der Waals surface area contributed by atoms with Crippen LogP contribution in [0.3, 0.4) is 0 Å². The number of rotatable bonds is 1. The number of halogens is 6. The Balaban J connectivity index is 1.92. The summed E-state index contributed by atoms with van der Waals surface area (Å²) >= 11 is 0. The molecule has 6 heteroatoms. The van der Waals surface area contributed by atoms with Crippen molar-refractivity contribution < 1.29 is 26.3 Å². The van der Waals surface area contributed by atoms with E-state index in [1.807, 2.05) is 0 Å². The summed E-state index contributed by atoms with van der Waals surface area (Å²) in [5.74, 6) is 5.31. The highest BCUT2D eigenvalue weighted by Crippen LogP contribution is 2.38. The monoisotopic (exact) mass is 440 g/mol. The Morgan fingerprint density at radius 1 is 0.531 bits per heavy atom. The highest BCUT2D eigenvalue weighted by atomic mass is 19.4. The molecule has 0 radical (unpaired) electrons. The van der Waals surface area contributed by atoms with Crippen molar-refractivity contribution in [3.8, 4) is 23.0 Å². The second-order valence-corrected chi connectivity index (χ2v) is 7.08. The van der Waals surface area contributed by atoms with Crippen LogP contribution in [0, 0.1) is 11.8 Å². The van der Waals surface area contributed by atoms with Crippen LogP contribution in [0.15, 0.2) is 84.9 Å². The van der Waals surface area contributed by atoms with Crippen molar-refractivity contribution in [2.75, 3.05) is 0 Å². The van der Waals surface area contributed by atoms with E-state index in [2.05, 4.69) is 11.8 Å². The van der Waals surface area contributed by atoms with Crippen molar-refractivity contribution in [2.24, 2.45) is 0 Å². The Labute approximate surface area is 180 Å². The van der Waals surface area contributed by atoms with Gasteiger partial charge in [0.15, 0.2) is 0 Å². The van der Waals surface area contributed by atoms with Crippen molar-refractivity contribution in [1.82, 2.24) is 0 Å². The predicted molar refractivity (Wildman–Crippen MR) is 112 cm³/mol. The molecule has 0 saturated heterocycles. The summed E-state index contributed by atoms with van der Waals surface area (Å²) in [4.78, 5) is 0. The van der Waals surface area contributed by atoms with Crippen LogP contribution in [-0.4, -0.2) is 0 Å². The highest BCUT2D eigenvalue weighted by molar-refractivity contribution is 5.93. The molecule has 0 nitrogen and oxygen atoms in total. The van der Waals surface area contributed by atoms with Crippen molar-refractivity contribution in [1.29, 1.82) is 0 Å². The number of alkyl halides is 6. The lowest BCUT2D eigenvalue weighted by Crippen LogP contribution is -2.07. The first-order chi connectivity index (χ1) is 15.1. The minimum absolute atomic E-state index is 0.0236. The van der Waals surface area contributed by atoms with Crippen molar-refractivity contribution in [3.05, 3.63) is 107 Å². The van der Waals surface area contributed by atoms with E-state index in [0.29, 0.717) is 16.3 Å². The van der Waals surface area contributed by atoms with E-state index < -0.39 is 23.5 Å². The average molecular weight is 440 g/mol. The molecule has 0 aliphatic carbocycles. The molecule has 0 atom stereocenters. The van der Waals surface area contributed by atoms with Crippen LogP contribution in [0.1, 0.15) is 22.3 Å². The second-order valence-electron chi connectivity index (χ2n) is 7.08. The number of hydrogen-bond acceptors (Lipinski definition) is 0. The summed E-state index contributed by atoms with van der Waals surface area (Å²) in [6.45, 7) is 0. The van der Waals surface area contributed by atoms with Gasteiger partial charge in [0.05, 0.1) is 11.1 Å². The zero-order valence-corrected chi connectivity index (χ0v) is 16.4. The van der Waals surface area contributed by atoms with Gasteiger partial charge in [-0.15, -0.1) is 0 Å². The molecule has 4 rings (SSSR count). The predicted octanol–water partition coefficient (Wildman–Crippen LogP) is 7.94. The van der Waals surface area contributed by atoms with Gasteiger partial charge in [-0.3, -0.25) is 0 Å². The quantitative estimate of drug-likeness (QED) is 0.208. The van der Waals surface area contributed by atoms with E-state index in [4.69, 9.17) is 0 Å². The summed E-state index contributed by atoms with van der Waals surface area (Å²) in [6.07, 6.45) is -9.12. The molecule has 4 aromatic carbocycles. The van der Waals surface area contributed by atoms with Crippen molar-refractivity contribution in [3.63, 3.8) is 0 Å². The number of hydrogen-bond donors (Lipinski definition) is 0. The zero-order valence-electron chi connectivity index (χ0n) is 16.4. The van der Waals surface area contributed by atoms with Crippen LogP contribution in [0.25, 0.3) is 21.9 Å². The molecule has 0 aromatic heterocycles. The van der Waals surface area contributed by atoms with E-state index in [1.165, 1.54) is 42.5 Å². The van der Waals surface area contributed by atoms with Crippen LogP contribution in [-0.2, 0) is 12.4 Å². The van der Waals surface area contributed by atoms with Crippen LogP contribution in [0.4, 0.5) is 26.3 Å². The Hall–Kier alpha value is -3.72. The molecule has 0 unspecified atom stereocenters. The molecule has 0 saturated carbocycles. The fourth-order valence-electron chi connectivity index (χ4n) is 3.53. The lowest BCUT2D eigenvalue weighted by molar-refractivity contribution is -0.138. The van der Waals surface area contributed by atoms with Crippen LogP contribution >= 0.6 is 0 Å². The molecule has 0 aliphatic rings. The molecular formula is C26H14F6. The van der Waals surface area contributed by atoms with Gasteiger partial charge in [0.2, 0.25) is 0 Å². The minimum atomic E-state index is -4.57. The van der Waals surface area contributed by atoms with E-state index in [-0.39, 0.29) is 16.7 Å². The molecular weight excluding hydrogens is 426 g/mol. The molecule has 0 aliphatic heterocycles. The Bertz CT molecular complexity index is 1350. The maximum Gasteiger partial charge on any atom is 0.417 e. The largest absolute Gasteiger partial charge is 0.417 e. The van der Waals surface area contributed by atoms with Crippen LogP contribution in [0.2, 0.25) is 0 Å². The van der Waals surface area contributed by atoms with Gasteiger partial charge in [-0.2, -0.15) is 26.3 Å². The van der Waals surface area contributed by atoms with Gasteiger partial charge >= 0.3 is 12.4 Å². The standard InChI is InChI=1S/C26H14F6/c27-25(28,29)23-11-5-2-7-17(23)13-14-19-16-20(15-18-8-1-3-9-21(18)19)22-10-4-6-12-24(22)26(30,31)32/h1-12,15-16H. The zero-order chi connectivity index (χ0) is 22.9. The lowest BCUT2D eigenvalue weighted by atomic mass is 9.94. The van der Waals surface area contributed by atoms with Gasteiger partial charge < -0.3 is 0 Å². The van der Waals surface area contributed by atoms with Crippen LogP contribution in [0.5, 0.6) is 0 Å². The normalized spacial score (nSPS) is 11.8. The number of fused-ring (bicyclic) bond motifs is 1. The molecule has 0 heterocycles. The fraction of sp³-hybridized carbons (Fsp3) is 0.0769. The van der Waals surface area contributed by atoms with Gasteiger partial charge in [-0.05, 0) is 52.2 Å². The molecule has 32 heavy (non-hydrogen) atoms. The van der Waals surface area contributed by atoms with E-state index in [0.717, 1.165) is 12.1 Å². The number of benzene rings is 4. The summed E-state index contributed by atoms with van der Waals surface area (Å²) < 4.78 is 80.5. The first kappa shape index (κ1) is 21.5. The van der Waals surface area contributed by atoms with E-state index in [1.54, 1.807) is 30.3 Å². The highest BCUT2D eigenvalue weighted by Gasteiger charge is 2.34. The smallest absolute Gasteiger partial charge is 0.166 e. The average Bonchev–Trinajstić information content (AvgIpc) is 2.76. The minimum Gasteiger partial charge on any atom is -0.166 e. The SMILES string of the molecule is FC(F)(F)c1ccccc1C#Cc1cc(-c2ccccc2C(F)(F)F)cc2ccccc12. The lowest BCUT2D eigenvalue weighted by Gasteiger charge is -2.14. The van der Waals surface area contributed by atoms with Gasteiger partial charge in [0.25, 0.3) is 0 Å².